The number of hydrogen-bond donors (Lipinski definition) is 0. The summed E-state index contributed by atoms with van der Waals surface area (Å²) in [6, 6.07) is 48.8. The zero-order valence-corrected chi connectivity index (χ0v) is 26.4. The maximum absolute atomic E-state index is 2.39. The predicted molar refractivity (Wildman–Crippen MR) is 159 cm³/mol. The molecular weight excluding hydrogens is 597 g/mol. The Morgan fingerprint density at radius 2 is 1.13 bits per heavy atom. The van der Waals surface area contributed by atoms with Crippen molar-refractivity contribution in [2.75, 3.05) is 18.0 Å². The molecule has 0 N–H and O–H groups in total. The van der Waals surface area contributed by atoms with Gasteiger partial charge < -0.3 is 29.7 Å². The van der Waals surface area contributed by atoms with Gasteiger partial charge in [0.25, 0.3) is 0 Å². The summed E-state index contributed by atoms with van der Waals surface area (Å²) in [7, 11) is 0. The minimum absolute atomic E-state index is 0. The van der Waals surface area contributed by atoms with Gasteiger partial charge in [0.15, 0.2) is 0 Å². The fraction of sp³-hybridized carbons (Fsp3) is 0.114. The van der Waals surface area contributed by atoms with Crippen LogP contribution < -0.4 is 29.7 Å². The smallest absolute Gasteiger partial charge is 0.172 e. The summed E-state index contributed by atoms with van der Waals surface area (Å²) in [4.78, 5) is 2.39. The van der Waals surface area contributed by atoms with E-state index in [0.717, 1.165) is 13.1 Å². The van der Waals surface area contributed by atoms with E-state index in [2.05, 4.69) is 128 Å². The van der Waals surface area contributed by atoms with Crippen molar-refractivity contribution in [3.8, 4) is 0 Å². The summed E-state index contributed by atoms with van der Waals surface area (Å²) >= 11 is 1.46. The zero-order valence-electron chi connectivity index (χ0n) is 22.4. The van der Waals surface area contributed by atoms with E-state index in [4.69, 9.17) is 0 Å². The van der Waals surface area contributed by atoms with Gasteiger partial charge in [-0.25, -0.2) is 12.1 Å². The van der Waals surface area contributed by atoms with Crippen LogP contribution in [0, 0.1) is 0 Å². The average Bonchev–Trinajstić information content (AvgIpc) is 3.67. The largest absolute Gasteiger partial charge is 0.214 e. The maximum Gasteiger partial charge on any atom is -0.172 e. The van der Waals surface area contributed by atoms with Gasteiger partial charge in [-0.3, -0.25) is 0 Å². The Morgan fingerprint density at radius 1 is 0.615 bits per heavy atom. The molecule has 0 aliphatic heterocycles. The van der Waals surface area contributed by atoms with Crippen molar-refractivity contribution in [3.05, 3.63) is 151 Å². The van der Waals surface area contributed by atoms with Crippen molar-refractivity contribution in [1.29, 1.82) is 0 Å². The van der Waals surface area contributed by atoms with Crippen LogP contribution in [0.2, 0.25) is 0 Å². The van der Waals surface area contributed by atoms with E-state index in [-0.39, 0.29) is 24.8 Å². The SMILES string of the molecule is CCN(CC)c1ccc2c(c1)[cH-]c1ccccc12.[Cl-].[Cl-].[Zr+2]=[C](c1ccccc1)c1ccccc1.c1cc[cH-]c1. The van der Waals surface area contributed by atoms with E-state index in [0.29, 0.717) is 0 Å². The number of fused-ring (bicyclic) bond motifs is 3. The molecule has 0 aliphatic rings. The van der Waals surface area contributed by atoms with Crippen LogP contribution in [0.25, 0.3) is 21.5 Å². The van der Waals surface area contributed by atoms with Gasteiger partial charge in [0.1, 0.15) is 0 Å². The van der Waals surface area contributed by atoms with E-state index in [1.165, 1.54) is 65.8 Å². The number of anilines is 1. The van der Waals surface area contributed by atoms with Crippen molar-refractivity contribution >= 4 is 30.4 Å². The van der Waals surface area contributed by atoms with Crippen LogP contribution in [-0.2, 0) is 24.2 Å². The Morgan fingerprint density at radius 3 is 1.64 bits per heavy atom. The molecule has 0 saturated heterocycles. The average molecular weight is 630 g/mol. The van der Waals surface area contributed by atoms with E-state index in [1.54, 1.807) is 0 Å². The van der Waals surface area contributed by atoms with E-state index < -0.39 is 0 Å². The summed E-state index contributed by atoms with van der Waals surface area (Å²) in [6.45, 7) is 6.52. The van der Waals surface area contributed by atoms with Crippen molar-refractivity contribution in [2.24, 2.45) is 0 Å². The maximum atomic E-state index is 2.39. The third-order valence-corrected chi connectivity index (χ3v) is 7.83. The second-order valence-corrected chi connectivity index (χ2v) is 9.97. The third kappa shape index (κ3) is 8.87. The second-order valence-electron chi connectivity index (χ2n) is 8.74. The van der Waals surface area contributed by atoms with Gasteiger partial charge in [-0.1, -0.05) is 36.4 Å². The molecule has 0 atom stereocenters. The van der Waals surface area contributed by atoms with Crippen molar-refractivity contribution in [1.82, 2.24) is 0 Å². The van der Waals surface area contributed by atoms with Gasteiger partial charge in [-0.05, 0) is 13.8 Å². The minimum atomic E-state index is 0. The van der Waals surface area contributed by atoms with Crippen LogP contribution in [0.15, 0.2) is 140 Å². The third-order valence-electron chi connectivity index (χ3n) is 6.41. The van der Waals surface area contributed by atoms with Crippen LogP contribution in [0.5, 0.6) is 0 Å². The van der Waals surface area contributed by atoms with E-state index in [1.807, 2.05) is 30.3 Å². The first-order chi connectivity index (χ1) is 18.2. The summed E-state index contributed by atoms with van der Waals surface area (Å²) in [5.74, 6) is 0. The Labute approximate surface area is 260 Å². The van der Waals surface area contributed by atoms with Gasteiger partial charge in [0.2, 0.25) is 0 Å². The summed E-state index contributed by atoms with van der Waals surface area (Å²) in [6.07, 6.45) is 0. The van der Waals surface area contributed by atoms with Gasteiger partial charge in [0.05, 0.1) is 0 Å². The molecule has 39 heavy (non-hydrogen) atoms. The van der Waals surface area contributed by atoms with Crippen LogP contribution in [0.4, 0.5) is 5.69 Å². The van der Waals surface area contributed by atoms with Crippen LogP contribution in [-0.4, -0.2) is 16.3 Å². The fourth-order valence-corrected chi connectivity index (χ4v) is 5.25. The van der Waals surface area contributed by atoms with E-state index >= 15 is 0 Å². The topological polar surface area (TPSA) is 3.24 Å². The van der Waals surface area contributed by atoms with Crippen LogP contribution in [0.1, 0.15) is 25.0 Å². The minimum Gasteiger partial charge on any atom is -0.214 e. The molecule has 6 rings (SSSR count). The molecule has 0 aromatic heterocycles. The second kappa shape index (κ2) is 17.0. The fourth-order valence-electron chi connectivity index (χ4n) is 4.43. The van der Waals surface area contributed by atoms with Crippen molar-refractivity contribution in [3.63, 3.8) is 0 Å². The molecule has 0 bridgehead atoms. The number of hydrogen-bond acceptors (Lipinski definition) is 1. The molecule has 0 unspecified atom stereocenters. The first kappa shape index (κ1) is 32.4. The normalized spacial score (nSPS) is 9.74. The molecule has 0 radical (unpaired) electrons. The van der Waals surface area contributed by atoms with Crippen LogP contribution >= 0.6 is 0 Å². The molecule has 6 aromatic carbocycles. The van der Waals surface area contributed by atoms with Crippen LogP contribution in [0.3, 0.4) is 0 Å². The molecule has 0 aliphatic carbocycles. The standard InChI is InChI=1S/C17H18N.C13H10.C5H5.2ClH.Zr/c1-3-18(4-2)15-9-10-17-14(12-15)11-13-7-5-6-8-16(13)17;1-3-7-12(8-4-1)11-13-9-5-2-6-10-13;1-2-4-5-3-1;;;/h5-12H,3-4H2,1-2H3;1-10H;1-5H;2*1H;/q-1;;-1;;;+2/p-2. The number of halogens is 2. The molecule has 0 heterocycles. The summed E-state index contributed by atoms with van der Waals surface area (Å²) in [5, 5.41) is 5.41. The first-order valence-corrected chi connectivity index (χ1v) is 14.1. The quantitative estimate of drug-likeness (QED) is 0.266. The Hall–Kier alpha value is -2.77. The summed E-state index contributed by atoms with van der Waals surface area (Å²) < 4.78 is 1.42. The molecule has 0 amide bonds. The number of nitrogens with zero attached hydrogens (tertiary/aromatic N) is 1. The van der Waals surface area contributed by atoms with Gasteiger partial charge in [0, 0.05) is 18.8 Å². The number of benzene rings is 4. The van der Waals surface area contributed by atoms with Gasteiger partial charge in [-0.15, -0.1) is 33.7 Å². The molecule has 4 heteroatoms. The molecule has 198 valence electrons. The molecule has 1 nitrogen and oxygen atoms in total. The number of rotatable bonds is 5. The van der Waals surface area contributed by atoms with Crippen molar-refractivity contribution < 1.29 is 49.0 Å². The Balaban J connectivity index is 0.000000227. The first-order valence-electron chi connectivity index (χ1n) is 12.9. The molecule has 0 spiro atoms. The van der Waals surface area contributed by atoms with E-state index in [9.17, 15) is 0 Å². The van der Waals surface area contributed by atoms with Gasteiger partial charge >= 0.3 is 99.2 Å². The molecular formula is C35H33Cl2NZr-2. The molecule has 0 fully saturated rings. The Kier molecular flexibility index (Phi) is 14.2. The molecule has 6 aromatic rings. The predicted octanol–water partition coefficient (Wildman–Crippen LogP) is 2.77. The molecule has 0 saturated carbocycles. The zero-order chi connectivity index (χ0) is 25.9. The summed E-state index contributed by atoms with van der Waals surface area (Å²) in [5.41, 5.74) is 3.98. The van der Waals surface area contributed by atoms with Gasteiger partial charge in [-0.2, -0.15) is 18.2 Å². The Bertz CT molecular complexity index is 1440. The monoisotopic (exact) mass is 627 g/mol. The van der Waals surface area contributed by atoms with Crippen molar-refractivity contribution in [2.45, 2.75) is 13.8 Å².